The number of carboxylic acids is 1. The number of rotatable bonds is 7. The molecule has 2 rings (SSSR count). The Bertz CT molecular complexity index is 632. The van der Waals surface area contributed by atoms with E-state index in [1.807, 2.05) is 30.3 Å². The fourth-order valence-electron chi connectivity index (χ4n) is 2.14. The van der Waals surface area contributed by atoms with Crippen molar-refractivity contribution in [2.75, 3.05) is 0 Å². The van der Waals surface area contributed by atoms with Crippen molar-refractivity contribution in [3.63, 3.8) is 0 Å². The Balaban J connectivity index is 1.96. The van der Waals surface area contributed by atoms with Crippen molar-refractivity contribution in [1.82, 2.24) is 0 Å². The summed E-state index contributed by atoms with van der Waals surface area (Å²) < 4.78 is 5.66. The Hall–Kier alpha value is -2.62. The molecule has 0 aliphatic rings. The first-order valence-corrected chi connectivity index (χ1v) is 7.12. The molecule has 0 radical (unpaired) electrons. The van der Waals surface area contributed by atoms with E-state index in [0.717, 1.165) is 5.75 Å². The molecule has 22 heavy (non-hydrogen) atoms. The number of carbonyl (C=O) groups excluding carboxylic acids is 1. The summed E-state index contributed by atoms with van der Waals surface area (Å²) in [6, 6.07) is 16.3. The lowest BCUT2D eigenvalue weighted by atomic mass is 9.97. The van der Waals surface area contributed by atoms with Crippen LogP contribution in [0, 0.1) is 5.92 Å². The number of aliphatic carboxylic acids is 1. The average molecular weight is 298 g/mol. The van der Waals surface area contributed by atoms with E-state index in [2.05, 4.69) is 0 Å². The molecule has 0 aliphatic heterocycles. The number of hydrogen-bond acceptors (Lipinski definition) is 3. The van der Waals surface area contributed by atoms with E-state index in [4.69, 9.17) is 9.84 Å². The lowest BCUT2D eigenvalue weighted by Crippen LogP contribution is -2.10. The van der Waals surface area contributed by atoms with Gasteiger partial charge in [-0.25, -0.2) is 0 Å². The SMILES string of the molecule is C[C@H](CC(=O)O)CC(=O)c1ccc(Oc2ccccc2)cc1. The van der Waals surface area contributed by atoms with Crippen LogP contribution in [-0.2, 0) is 4.79 Å². The first-order chi connectivity index (χ1) is 10.5. The number of carbonyl (C=O) groups is 2. The Labute approximate surface area is 129 Å². The van der Waals surface area contributed by atoms with Gasteiger partial charge in [-0.3, -0.25) is 9.59 Å². The van der Waals surface area contributed by atoms with Crippen LogP contribution in [0.2, 0.25) is 0 Å². The van der Waals surface area contributed by atoms with Gasteiger partial charge in [-0.2, -0.15) is 0 Å². The van der Waals surface area contributed by atoms with E-state index >= 15 is 0 Å². The van der Waals surface area contributed by atoms with Crippen molar-refractivity contribution in [1.29, 1.82) is 0 Å². The van der Waals surface area contributed by atoms with Gasteiger partial charge < -0.3 is 9.84 Å². The molecule has 0 spiro atoms. The molecule has 114 valence electrons. The van der Waals surface area contributed by atoms with Gasteiger partial charge in [0.2, 0.25) is 0 Å². The molecular formula is C18H18O4. The van der Waals surface area contributed by atoms with Crippen molar-refractivity contribution in [2.24, 2.45) is 5.92 Å². The third-order valence-corrected chi connectivity index (χ3v) is 3.21. The lowest BCUT2D eigenvalue weighted by molar-refractivity contribution is -0.137. The molecule has 0 bridgehead atoms. The molecule has 0 fully saturated rings. The lowest BCUT2D eigenvalue weighted by Gasteiger charge is -2.09. The van der Waals surface area contributed by atoms with Gasteiger partial charge in [-0.1, -0.05) is 25.1 Å². The van der Waals surface area contributed by atoms with E-state index in [1.165, 1.54) is 0 Å². The van der Waals surface area contributed by atoms with Crippen molar-refractivity contribution >= 4 is 11.8 Å². The fraction of sp³-hybridized carbons (Fsp3) is 0.222. The molecule has 0 aliphatic carbocycles. The minimum Gasteiger partial charge on any atom is -0.481 e. The second-order valence-electron chi connectivity index (χ2n) is 5.27. The molecule has 1 atom stereocenters. The van der Waals surface area contributed by atoms with Gasteiger partial charge in [0.1, 0.15) is 11.5 Å². The normalized spacial score (nSPS) is 11.7. The van der Waals surface area contributed by atoms with Crippen LogP contribution in [0.3, 0.4) is 0 Å². The van der Waals surface area contributed by atoms with Crippen LogP contribution in [0.25, 0.3) is 0 Å². The van der Waals surface area contributed by atoms with Crippen molar-refractivity contribution in [3.8, 4) is 11.5 Å². The first-order valence-electron chi connectivity index (χ1n) is 7.12. The third kappa shape index (κ3) is 4.74. The number of Topliss-reactive ketones (excluding diaryl/α,β-unsaturated/α-hetero) is 1. The predicted octanol–water partition coefficient (Wildman–Crippen LogP) is 4.16. The molecule has 0 unspecified atom stereocenters. The minimum atomic E-state index is -0.882. The Morgan fingerprint density at radius 1 is 0.955 bits per heavy atom. The van der Waals surface area contributed by atoms with Crippen molar-refractivity contribution in [2.45, 2.75) is 19.8 Å². The molecule has 1 N–H and O–H groups in total. The van der Waals surface area contributed by atoms with Gasteiger partial charge in [0.05, 0.1) is 0 Å². The Kier molecular flexibility index (Phi) is 5.31. The molecule has 4 heteroatoms. The van der Waals surface area contributed by atoms with E-state index in [0.29, 0.717) is 11.3 Å². The topological polar surface area (TPSA) is 63.6 Å². The summed E-state index contributed by atoms with van der Waals surface area (Å²) in [5.74, 6) is 0.273. The summed E-state index contributed by atoms with van der Waals surface area (Å²) in [5, 5.41) is 8.72. The number of hydrogen-bond donors (Lipinski definition) is 1. The highest BCUT2D eigenvalue weighted by Crippen LogP contribution is 2.22. The van der Waals surface area contributed by atoms with E-state index in [-0.39, 0.29) is 24.5 Å². The number of para-hydroxylation sites is 1. The maximum atomic E-state index is 12.1. The summed E-state index contributed by atoms with van der Waals surface area (Å²) >= 11 is 0. The maximum absolute atomic E-state index is 12.1. The van der Waals surface area contributed by atoms with Gasteiger partial charge in [0, 0.05) is 18.4 Å². The third-order valence-electron chi connectivity index (χ3n) is 3.21. The Morgan fingerprint density at radius 2 is 1.55 bits per heavy atom. The predicted molar refractivity (Wildman–Crippen MR) is 83.3 cm³/mol. The minimum absolute atomic E-state index is 0.000934. The summed E-state index contributed by atoms with van der Waals surface area (Å²) in [7, 11) is 0. The number of carboxylic acid groups (broad SMARTS) is 1. The summed E-state index contributed by atoms with van der Waals surface area (Å²) in [4.78, 5) is 22.7. The molecular weight excluding hydrogens is 280 g/mol. The fourth-order valence-corrected chi connectivity index (χ4v) is 2.14. The van der Waals surface area contributed by atoms with Crippen LogP contribution in [0.5, 0.6) is 11.5 Å². The average Bonchev–Trinajstić information content (AvgIpc) is 2.48. The zero-order valence-corrected chi connectivity index (χ0v) is 12.4. The van der Waals surface area contributed by atoms with Crippen molar-refractivity contribution < 1.29 is 19.4 Å². The second kappa shape index (κ2) is 7.41. The highest BCUT2D eigenvalue weighted by Gasteiger charge is 2.14. The summed E-state index contributed by atoms with van der Waals surface area (Å²) in [5.41, 5.74) is 0.567. The highest BCUT2D eigenvalue weighted by molar-refractivity contribution is 5.96. The molecule has 0 aromatic heterocycles. The van der Waals surface area contributed by atoms with Crippen LogP contribution >= 0.6 is 0 Å². The molecule has 2 aromatic carbocycles. The van der Waals surface area contributed by atoms with Gasteiger partial charge in [-0.15, -0.1) is 0 Å². The summed E-state index contributed by atoms with van der Waals surface area (Å²) in [6.45, 7) is 1.76. The number of benzene rings is 2. The maximum Gasteiger partial charge on any atom is 0.303 e. The standard InChI is InChI=1S/C18H18O4/c1-13(12-18(20)21)11-17(19)14-7-9-16(10-8-14)22-15-5-3-2-4-6-15/h2-10,13H,11-12H2,1H3,(H,20,21)/t13-/m0/s1. The zero-order valence-electron chi connectivity index (χ0n) is 12.4. The van der Waals surface area contributed by atoms with Crippen LogP contribution in [0.15, 0.2) is 54.6 Å². The van der Waals surface area contributed by atoms with Crippen LogP contribution < -0.4 is 4.74 Å². The van der Waals surface area contributed by atoms with Crippen LogP contribution in [0.4, 0.5) is 0 Å². The second-order valence-corrected chi connectivity index (χ2v) is 5.27. The first kappa shape index (κ1) is 15.8. The van der Waals surface area contributed by atoms with Crippen LogP contribution in [-0.4, -0.2) is 16.9 Å². The van der Waals surface area contributed by atoms with Gasteiger partial charge in [-0.05, 0) is 42.3 Å². The zero-order chi connectivity index (χ0) is 15.9. The molecule has 0 saturated carbocycles. The largest absolute Gasteiger partial charge is 0.481 e. The Morgan fingerprint density at radius 3 is 2.14 bits per heavy atom. The highest BCUT2D eigenvalue weighted by atomic mass is 16.5. The molecule has 0 heterocycles. The van der Waals surface area contributed by atoms with E-state index in [1.54, 1.807) is 31.2 Å². The quantitative estimate of drug-likeness (QED) is 0.779. The van der Waals surface area contributed by atoms with E-state index in [9.17, 15) is 9.59 Å². The van der Waals surface area contributed by atoms with Gasteiger partial charge in [0.25, 0.3) is 0 Å². The molecule has 2 aromatic rings. The van der Waals surface area contributed by atoms with Gasteiger partial charge >= 0.3 is 5.97 Å². The van der Waals surface area contributed by atoms with Crippen LogP contribution in [0.1, 0.15) is 30.1 Å². The monoisotopic (exact) mass is 298 g/mol. The van der Waals surface area contributed by atoms with Crippen molar-refractivity contribution in [3.05, 3.63) is 60.2 Å². The number of ketones is 1. The van der Waals surface area contributed by atoms with Gasteiger partial charge in [0.15, 0.2) is 5.78 Å². The number of ether oxygens (including phenoxy) is 1. The summed E-state index contributed by atoms with van der Waals surface area (Å²) in [6.07, 6.45) is 0.228. The molecule has 0 amide bonds. The smallest absolute Gasteiger partial charge is 0.303 e. The van der Waals surface area contributed by atoms with E-state index < -0.39 is 5.97 Å². The molecule has 0 saturated heterocycles. The molecule has 4 nitrogen and oxygen atoms in total.